The summed E-state index contributed by atoms with van der Waals surface area (Å²) in [7, 11) is -3.50. The summed E-state index contributed by atoms with van der Waals surface area (Å²) in [6, 6.07) is 8.52. The second-order valence-electron chi connectivity index (χ2n) is 7.19. The second-order valence-corrected chi connectivity index (χ2v) is 9.12. The lowest BCUT2D eigenvalue weighted by atomic mass is 10.0. The summed E-state index contributed by atoms with van der Waals surface area (Å²) in [5.41, 5.74) is 0. The van der Waals surface area contributed by atoms with E-state index in [1.807, 2.05) is 0 Å². The number of aromatic nitrogens is 2. The molecule has 152 valence electrons. The molecule has 0 amide bonds. The van der Waals surface area contributed by atoms with Crippen molar-refractivity contribution in [3.05, 3.63) is 42.0 Å². The molecule has 1 aromatic carbocycles. The molecule has 3 heterocycles. The summed E-state index contributed by atoms with van der Waals surface area (Å²) < 4.78 is 43.8. The van der Waals surface area contributed by atoms with E-state index in [0.717, 1.165) is 25.7 Å². The molecule has 2 saturated heterocycles. The molecule has 1 unspecified atom stereocenters. The van der Waals surface area contributed by atoms with Crippen molar-refractivity contribution in [1.82, 2.24) is 14.4 Å². The minimum Gasteiger partial charge on any atom is -0.381 e. The van der Waals surface area contributed by atoms with Crippen LogP contribution in [0.5, 0.6) is 0 Å². The zero-order valence-corrected chi connectivity index (χ0v) is 16.5. The Morgan fingerprint density at radius 2 is 1.93 bits per heavy atom. The molecule has 0 spiro atoms. The Kier molecular flexibility index (Phi) is 6.05. The fraction of sp³-hybridized carbons (Fsp3) is 0.579. The van der Waals surface area contributed by atoms with Crippen molar-refractivity contribution in [2.45, 2.75) is 49.2 Å². The number of hydrogen-bond acceptors (Lipinski definition) is 7. The SMILES string of the molecule is O=S(=O)(c1ccccc1)N1CCCC(OCc2noc(C3CCOCC3)n2)C1. The molecule has 28 heavy (non-hydrogen) atoms. The van der Waals surface area contributed by atoms with Crippen LogP contribution in [0.25, 0.3) is 0 Å². The van der Waals surface area contributed by atoms with Crippen LogP contribution in [0.15, 0.2) is 39.8 Å². The van der Waals surface area contributed by atoms with Crippen LogP contribution in [0.2, 0.25) is 0 Å². The molecule has 2 fully saturated rings. The lowest BCUT2D eigenvalue weighted by Crippen LogP contribution is -2.43. The number of nitrogens with zero attached hydrogens (tertiary/aromatic N) is 3. The minimum atomic E-state index is -3.50. The van der Waals surface area contributed by atoms with Gasteiger partial charge in [-0.1, -0.05) is 23.4 Å². The smallest absolute Gasteiger partial charge is 0.243 e. The van der Waals surface area contributed by atoms with Crippen molar-refractivity contribution in [2.24, 2.45) is 0 Å². The number of rotatable bonds is 6. The van der Waals surface area contributed by atoms with Gasteiger partial charge in [0, 0.05) is 32.2 Å². The largest absolute Gasteiger partial charge is 0.381 e. The highest BCUT2D eigenvalue weighted by molar-refractivity contribution is 7.89. The van der Waals surface area contributed by atoms with Gasteiger partial charge in [0.2, 0.25) is 15.9 Å². The zero-order valence-electron chi connectivity index (χ0n) is 15.7. The van der Waals surface area contributed by atoms with Crippen LogP contribution in [-0.4, -0.2) is 55.3 Å². The van der Waals surface area contributed by atoms with Gasteiger partial charge in [-0.05, 0) is 37.8 Å². The molecule has 0 radical (unpaired) electrons. The molecule has 1 atom stereocenters. The van der Waals surface area contributed by atoms with Gasteiger partial charge in [-0.25, -0.2) is 8.42 Å². The van der Waals surface area contributed by atoms with Gasteiger partial charge in [0.15, 0.2) is 5.82 Å². The number of benzene rings is 1. The van der Waals surface area contributed by atoms with Gasteiger partial charge in [0.25, 0.3) is 0 Å². The monoisotopic (exact) mass is 407 g/mol. The van der Waals surface area contributed by atoms with Gasteiger partial charge in [-0.3, -0.25) is 0 Å². The third-order valence-corrected chi connectivity index (χ3v) is 7.10. The Balaban J connectivity index is 1.34. The third kappa shape index (κ3) is 4.43. The first-order chi connectivity index (χ1) is 13.6. The van der Waals surface area contributed by atoms with Crippen molar-refractivity contribution in [2.75, 3.05) is 26.3 Å². The molecule has 2 aliphatic rings. The lowest BCUT2D eigenvalue weighted by molar-refractivity contribution is 0.00438. The van der Waals surface area contributed by atoms with Crippen LogP contribution in [0.1, 0.15) is 43.3 Å². The molecule has 0 aliphatic carbocycles. The van der Waals surface area contributed by atoms with Gasteiger partial charge in [0.1, 0.15) is 6.61 Å². The van der Waals surface area contributed by atoms with Gasteiger partial charge in [0.05, 0.1) is 11.0 Å². The van der Waals surface area contributed by atoms with Gasteiger partial charge < -0.3 is 14.0 Å². The molecule has 0 N–H and O–H groups in total. The zero-order chi connectivity index (χ0) is 19.4. The van der Waals surface area contributed by atoms with E-state index in [0.29, 0.717) is 42.9 Å². The van der Waals surface area contributed by atoms with E-state index in [9.17, 15) is 8.42 Å². The normalized spacial score (nSPS) is 22.4. The maximum Gasteiger partial charge on any atom is 0.243 e. The molecule has 4 rings (SSSR count). The Morgan fingerprint density at radius 3 is 2.71 bits per heavy atom. The summed E-state index contributed by atoms with van der Waals surface area (Å²) >= 11 is 0. The Labute approximate surface area is 164 Å². The van der Waals surface area contributed by atoms with Gasteiger partial charge in [-0.15, -0.1) is 0 Å². The lowest BCUT2D eigenvalue weighted by Gasteiger charge is -2.31. The van der Waals surface area contributed by atoms with E-state index in [2.05, 4.69) is 10.1 Å². The highest BCUT2D eigenvalue weighted by atomic mass is 32.2. The van der Waals surface area contributed by atoms with Crippen LogP contribution in [-0.2, 0) is 26.1 Å². The summed E-state index contributed by atoms with van der Waals surface area (Å²) in [5, 5.41) is 4.01. The van der Waals surface area contributed by atoms with E-state index in [-0.39, 0.29) is 18.6 Å². The van der Waals surface area contributed by atoms with Gasteiger partial charge in [-0.2, -0.15) is 9.29 Å². The fourth-order valence-corrected chi connectivity index (χ4v) is 5.16. The van der Waals surface area contributed by atoms with Crippen molar-refractivity contribution < 1.29 is 22.4 Å². The van der Waals surface area contributed by atoms with Crippen molar-refractivity contribution in [1.29, 1.82) is 0 Å². The van der Waals surface area contributed by atoms with E-state index < -0.39 is 10.0 Å². The molecule has 8 nitrogen and oxygen atoms in total. The predicted octanol–water partition coefficient (Wildman–Crippen LogP) is 2.33. The second kappa shape index (κ2) is 8.69. The predicted molar refractivity (Wildman–Crippen MR) is 100 cm³/mol. The maximum absolute atomic E-state index is 12.8. The first kappa shape index (κ1) is 19.5. The van der Waals surface area contributed by atoms with E-state index in [1.54, 1.807) is 30.3 Å². The van der Waals surface area contributed by atoms with Gasteiger partial charge >= 0.3 is 0 Å². The van der Waals surface area contributed by atoms with Crippen LogP contribution in [0, 0.1) is 0 Å². The fourth-order valence-electron chi connectivity index (χ4n) is 3.63. The first-order valence-electron chi connectivity index (χ1n) is 9.70. The number of ether oxygens (including phenoxy) is 2. The quantitative estimate of drug-likeness (QED) is 0.725. The highest BCUT2D eigenvalue weighted by Crippen LogP contribution is 2.26. The van der Waals surface area contributed by atoms with Crippen LogP contribution in [0.4, 0.5) is 0 Å². The molecule has 0 bridgehead atoms. The summed E-state index contributed by atoms with van der Waals surface area (Å²) in [6.45, 7) is 2.49. The van der Waals surface area contributed by atoms with Crippen LogP contribution < -0.4 is 0 Å². The standard InChI is InChI=1S/C19H25N3O5S/c23-28(24,17-6-2-1-3-7-17)22-10-4-5-16(13-22)26-14-18-20-19(27-21-18)15-8-11-25-12-9-15/h1-3,6-7,15-16H,4-5,8-14H2. The molecule has 2 aromatic rings. The molecule has 2 aliphatic heterocycles. The average Bonchev–Trinajstić information content (AvgIpc) is 3.23. The molecule has 1 aromatic heterocycles. The van der Waals surface area contributed by atoms with E-state index >= 15 is 0 Å². The molecule has 9 heteroatoms. The van der Waals surface area contributed by atoms with E-state index in [4.69, 9.17) is 14.0 Å². The topological polar surface area (TPSA) is 94.8 Å². The summed E-state index contributed by atoms with van der Waals surface area (Å²) in [6.07, 6.45) is 3.16. The molecular weight excluding hydrogens is 382 g/mol. The number of hydrogen-bond donors (Lipinski definition) is 0. The number of sulfonamides is 1. The molecular formula is C19H25N3O5S. The average molecular weight is 407 g/mol. The minimum absolute atomic E-state index is 0.183. The third-order valence-electron chi connectivity index (χ3n) is 5.22. The Hall–Kier alpha value is -1.81. The first-order valence-corrected chi connectivity index (χ1v) is 11.1. The summed E-state index contributed by atoms with van der Waals surface area (Å²) in [4.78, 5) is 4.76. The Bertz CT molecular complexity index is 865. The number of piperidine rings is 1. The highest BCUT2D eigenvalue weighted by Gasteiger charge is 2.31. The van der Waals surface area contributed by atoms with Crippen LogP contribution >= 0.6 is 0 Å². The van der Waals surface area contributed by atoms with Crippen molar-refractivity contribution in [3.8, 4) is 0 Å². The maximum atomic E-state index is 12.8. The van der Waals surface area contributed by atoms with Crippen molar-refractivity contribution >= 4 is 10.0 Å². The molecule has 0 saturated carbocycles. The van der Waals surface area contributed by atoms with Crippen molar-refractivity contribution in [3.63, 3.8) is 0 Å². The summed E-state index contributed by atoms with van der Waals surface area (Å²) in [5.74, 6) is 1.39. The Morgan fingerprint density at radius 1 is 1.14 bits per heavy atom. The van der Waals surface area contributed by atoms with Crippen LogP contribution in [0.3, 0.4) is 0 Å². The van der Waals surface area contributed by atoms with E-state index in [1.165, 1.54) is 4.31 Å².